The van der Waals surface area contributed by atoms with E-state index in [9.17, 15) is 5.11 Å². The van der Waals surface area contributed by atoms with E-state index in [0.717, 1.165) is 0 Å². The van der Waals surface area contributed by atoms with E-state index in [1.165, 1.54) is 16.8 Å². The molecule has 0 aliphatic carbocycles. The van der Waals surface area contributed by atoms with Gasteiger partial charge in [0.2, 0.25) is 0 Å². The lowest BCUT2D eigenvalue weighted by atomic mass is 9.89. The van der Waals surface area contributed by atoms with E-state index in [-0.39, 0.29) is 11.5 Å². The molecule has 1 atom stereocenters. The fourth-order valence-electron chi connectivity index (χ4n) is 1.81. The summed E-state index contributed by atoms with van der Waals surface area (Å²) in [6.07, 6.45) is -0.326. The predicted octanol–water partition coefficient (Wildman–Crippen LogP) is 3.15. The lowest BCUT2D eigenvalue weighted by Crippen LogP contribution is -2.37. The molecule has 0 saturated heterocycles. The number of hydrogen-bond acceptors (Lipinski definition) is 2. The van der Waals surface area contributed by atoms with E-state index < -0.39 is 0 Å². The molecule has 1 aromatic rings. The van der Waals surface area contributed by atoms with E-state index >= 15 is 0 Å². The molecule has 1 aromatic carbocycles. The fourth-order valence-corrected chi connectivity index (χ4v) is 1.81. The Kier molecular flexibility index (Phi) is 4.21. The first kappa shape index (κ1) is 14.0. The second kappa shape index (κ2) is 5.09. The van der Waals surface area contributed by atoms with E-state index in [0.29, 0.717) is 6.54 Å². The van der Waals surface area contributed by atoms with Crippen molar-refractivity contribution in [3.05, 3.63) is 29.3 Å². The van der Waals surface area contributed by atoms with Gasteiger partial charge in [-0.1, -0.05) is 26.8 Å². The first-order valence-corrected chi connectivity index (χ1v) is 6.17. The minimum Gasteiger partial charge on any atom is -0.391 e. The number of rotatable bonds is 3. The maximum Gasteiger partial charge on any atom is 0.0763 e. The summed E-state index contributed by atoms with van der Waals surface area (Å²) in [4.78, 5) is 2.12. The van der Waals surface area contributed by atoms with Gasteiger partial charge >= 0.3 is 0 Å². The second-order valence-electron chi connectivity index (χ2n) is 6.11. The lowest BCUT2D eigenvalue weighted by Gasteiger charge is -2.31. The molecule has 0 saturated carbocycles. The van der Waals surface area contributed by atoms with Crippen LogP contribution in [0.25, 0.3) is 0 Å². The summed E-state index contributed by atoms with van der Waals surface area (Å²) in [5, 5.41) is 10.1. The summed E-state index contributed by atoms with van der Waals surface area (Å²) < 4.78 is 0. The molecule has 1 unspecified atom stereocenters. The summed E-state index contributed by atoms with van der Waals surface area (Å²) in [7, 11) is 2.03. The van der Waals surface area contributed by atoms with Crippen LogP contribution in [0.2, 0.25) is 0 Å². The Labute approximate surface area is 105 Å². The standard InChI is InChI=1S/C15H25NO/c1-11-7-12(2)9-13(8-11)16(6)10-14(17)15(3,4)5/h7-9,14,17H,10H2,1-6H3. The van der Waals surface area contributed by atoms with Gasteiger partial charge in [0.05, 0.1) is 6.10 Å². The highest BCUT2D eigenvalue weighted by atomic mass is 16.3. The van der Waals surface area contributed by atoms with Crippen LogP contribution >= 0.6 is 0 Å². The first-order valence-electron chi connectivity index (χ1n) is 6.17. The van der Waals surface area contributed by atoms with Crippen molar-refractivity contribution >= 4 is 5.69 Å². The number of aliphatic hydroxyl groups excluding tert-OH is 1. The van der Waals surface area contributed by atoms with Crippen molar-refractivity contribution in [2.24, 2.45) is 5.41 Å². The van der Waals surface area contributed by atoms with Crippen LogP contribution in [0.3, 0.4) is 0 Å². The molecule has 2 heteroatoms. The third-order valence-electron chi connectivity index (χ3n) is 3.09. The molecule has 0 spiro atoms. The number of benzene rings is 1. The predicted molar refractivity (Wildman–Crippen MR) is 74.6 cm³/mol. The van der Waals surface area contributed by atoms with E-state index in [2.05, 4.69) is 57.7 Å². The van der Waals surface area contributed by atoms with E-state index in [4.69, 9.17) is 0 Å². The highest BCUT2D eigenvalue weighted by Crippen LogP contribution is 2.23. The van der Waals surface area contributed by atoms with Crippen molar-refractivity contribution < 1.29 is 5.11 Å². The molecular formula is C15H25NO. The van der Waals surface area contributed by atoms with Crippen molar-refractivity contribution in [2.75, 3.05) is 18.5 Å². The number of likely N-dealkylation sites (N-methyl/N-ethyl adjacent to an activating group) is 1. The van der Waals surface area contributed by atoms with Gasteiger partial charge in [0.25, 0.3) is 0 Å². The molecule has 1 N–H and O–H groups in total. The van der Waals surface area contributed by atoms with Gasteiger partial charge in [0.1, 0.15) is 0 Å². The zero-order valence-electron chi connectivity index (χ0n) is 11.9. The van der Waals surface area contributed by atoms with E-state index in [1.54, 1.807) is 0 Å². The first-order chi connectivity index (χ1) is 7.70. The monoisotopic (exact) mass is 235 g/mol. The average molecular weight is 235 g/mol. The minimum atomic E-state index is -0.326. The van der Waals surface area contributed by atoms with Crippen LogP contribution in [-0.2, 0) is 0 Å². The molecule has 0 radical (unpaired) electrons. The Hall–Kier alpha value is -1.02. The smallest absolute Gasteiger partial charge is 0.0763 e. The van der Waals surface area contributed by atoms with Gasteiger partial charge in [-0.2, -0.15) is 0 Å². The molecule has 1 rings (SSSR count). The highest BCUT2D eigenvalue weighted by molar-refractivity contribution is 5.50. The van der Waals surface area contributed by atoms with Gasteiger partial charge in [0, 0.05) is 19.3 Å². The van der Waals surface area contributed by atoms with Crippen LogP contribution in [0.1, 0.15) is 31.9 Å². The Bertz CT molecular complexity index is 359. The third-order valence-corrected chi connectivity index (χ3v) is 3.09. The Morgan fingerprint density at radius 3 is 2.00 bits per heavy atom. The topological polar surface area (TPSA) is 23.5 Å². The number of anilines is 1. The number of hydrogen-bond donors (Lipinski definition) is 1. The summed E-state index contributed by atoms with van der Waals surface area (Å²) in [6, 6.07) is 6.47. The molecule has 0 aliphatic rings. The molecule has 96 valence electrons. The Morgan fingerprint density at radius 1 is 1.12 bits per heavy atom. The highest BCUT2D eigenvalue weighted by Gasteiger charge is 2.23. The molecule has 2 nitrogen and oxygen atoms in total. The van der Waals surface area contributed by atoms with Crippen molar-refractivity contribution in [1.29, 1.82) is 0 Å². The summed E-state index contributed by atoms with van der Waals surface area (Å²) in [6.45, 7) is 11.1. The van der Waals surface area contributed by atoms with Gasteiger partial charge in [-0.05, 0) is 42.5 Å². The van der Waals surface area contributed by atoms with Gasteiger partial charge in [-0.3, -0.25) is 0 Å². The van der Waals surface area contributed by atoms with Crippen molar-refractivity contribution in [3.63, 3.8) is 0 Å². The maximum absolute atomic E-state index is 10.1. The van der Waals surface area contributed by atoms with Crippen LogP contribution < -0.4 is 4.90 Å². The number of aliphatic hydroxyl groups is 1. The lowest BCUT2D eigenvalue weighted by molar-refractivity contribution is 0.0699. The Morgan fingerprint density at radius 2 is 1.59 bits per heavy atom. The third kappa shape index (κ3) is 4.04. The Balaban J connectivity index is 2.79. The van der Waals surface area contributed by atoms with Crippen molar-refractivity contribution in [1.82, 2.24) is 0 Å². The minimum absolute atomic E-state index is 0.0763. The van der Waals surface area contributed by atoms with Crippen LogP contribution in [-0.4, -0.2) is 24.8 Å². The largest absolute Gasteiger partial charge is 0.391 e. The molecule has 0 amide bonds. The van der Waals surface area contributed by atoms with Gasteiger partial charge < -0.3 is 10.0 Å². The second-order valence-corrected chi connectivity index (χ2v) is 6.11. The van der Waals surface area contributed by atoms with Crippen LogP contribution in [0, 0.1) is 19.3 Å². The van der Waals surface area contributed by atoms with Crippen LogP contribution in [0.15, 0.2) is 18.2 Å². The van der Waals surface area contributed by atoms with Gasteiger partial charge in [0.15, 0.2) is 0 Å². The van der Waals surface area contributed by atoms with Gasteiger partial charge in [-0.25, -0.2) is 0 Å². The molecule has 0 aromatic heterocycles. The zero-order chi connectivity index (χ0) is 13.2. The molecule has 0 bridgehead atoms. The summed E-state index contributed by atoms with van der Waals surface area (Å²) >= 11 is 0. The quantitative estimate of drug-likeness (QED) is 0.870. The number of aryl methyl sites for hydroxylation is 2. The van der Waals surface area contributed by atoms with Crippen molar-refractivity contribution in [3.8, 4) is 0 Å². The van der Waals surface area contributed by atoms with Crippen molar-refractivity contribution in [2.45, 2.75) is 40.7 Å². The molecule has 0 fully saturated rings. The molecule has 0 heterocycles. The zero-order valence-corrected chi connectivity index (χ0v) is 11.9. The van der Waals surface area contributed by atoms with Gasteiger partial charge in [-0.15, -0.1) is 0 Å². The number of nitrogens with zero attached hydrogens (tertiary/aromatic N) is 1. The SMILES string of the molecule is Cc1cc(C)cc(N(C)CC(O)C(C)(C)C)c1. The maximum atomic E-state index is 10.1. The average Bonchev–Trinajstić information content (AvgIpc) is 2.14. The van der Waals surface area contributed by atoms with E-state index in [1.807, 2.05) is 7.05 Å². The fraction of sp³-hybridized carbons (Fsp3) is 0.600. The summed E-state index contributed by atoms with van der Waals surface area (Å²) in [5.74, 6) is 0. The normalized spacial score (nSPS) is 13.6. The van der Waals surface area contributed by atoms with Crippen LogP contribution in [0.5, 0.6) is 0 Å². The molecule has 17 heavy (non-hydrogen) atoms. The van der Waals surface area contributed by atoms with Crippen LogP contribution in [0.4, 0.5) is 5.69 Å². The molecule has 0 aliphatic heterocycles. The molecular weight excluding hydrogens is 210 g/mol. The summed E-state index contributed by atoms with van der Waals surface area (Å²) in [5.41, 5.74) is 3.62.